The zero-order valence-electron chi connectivity index (χ0n) is 16.0. The molecule has 2 aliphatic heterocycles. The Balaban J connectivity index is 1.22. The summed E-state index contributed by atoms with van der Waals surface area (Å²) in [6.07, 6.45) is 11.3. The average Bonchev–Trinajstić information content (AvgIpc) is 3.13. The minimum atomic E-state index is -0.0295. The highest BCUT2D eigenvalue weighted by atomic mass is 16.1. The van der Waals surface area contributed by atoms with Crippen molar-refractivity contribution in [1.29, 1.82) is 0 Å². The zero-order valence-corrected chi connectivity index (χ0v) is 16.0. The Kier molecular flexibility index (Phi) is 5.32. The number of anilines is 1. The fourth-order valence-corrected chi connectivity index (χ4v) is 5.09. The highest BCUT2D eigenvalue weighted by molar-refractivity contribution is 5.44. The van der Waals surface area contributed by atoms with Crippen LogP contribution in [0.15, 0.2) is 17.1 Å². The number of rotatable bonds is 4. The molecule has 6 heteroatoms. The van der Waals surface area contributed by atoms with Crippen LogP contribution in [0, 0.1) is 11.3 Å². The first-order chi connectivity index (χ1) is 12.6. The third-order valence-corrected chi connectivity index (χ3v) is 7.01. The molecular formula is C20H33N5O. The number of aryl methyl sites for hydroxylation is 1. The van der Waals surface area contributed by atoms with Crippen LogP contribution in [-0.4, -0.2) is 48.5 Å². The summed E-state index contributed by atoms with van der Waals surface area (Å²) in [5.41, 5.74) is 1.60. The third-order valence-electron chi connectivity index (χ3n) is 7.01. The Labute approximate surface area is 156 Å². The maximum Gasteiger partial charge on any atom is 0.268 e. The molecule has 3 aliphatic rings. The van der Waals surface area contributed by atoms with Gasteiger partial charge in [0, 0.05) is 32.2 Å². The van der Waals surface area contributed by atoms with Gasteiger partial charge in [-0.1, -0.05) is 0 Å². The topological polar surface area (TPSA) is 62.2 Å². The van der Waals surface area contributed by atoms with Crippen LogP contribution in [0.2, 0.25) is 0 Å². The number of hydrogen-bond acceptors (Lipinski definition) is 5. The lowest BCUT2D eigenvalue weighted by Gasteiger charge is -2.43. The van der Waals surface area contributed by atoms with Crippen molar-refractivity contribution in [3.05, 3.63) is 22.6 Å². The molecule has 1 aromatic heterocycles. The highest BCUT2D eigenvalue weighted by Gasteiger charge is 2.36. The summed E-state index contributed by atoms with van der Waals surface area (Å²) in [4.78, 5) is 14.1. The van der Waals surface area contributed by atoms with Gasteiger partial charge in [-0.3, -0.25) is 4.79 Å². The molecule has 0 amide bonds. The van der Waals surface area contributed by atoms with Crippen molar-refractivity contribution in [2.24, 2.45) is 18.4 Å². The normalized spacial score (nSPS) is 26.5. The highest BCUT2D eigenvalue weighted by Crippen LogP contribution is 2.43. The molecule has 3 fully saturated rings. The quantitative estimate of drug-likeness (QED) is 0.853. The molecule has 6 nitrogen and oxygen atoms in total. The maximum atomic E-state index is 11.8. The van der Waals surface area contributed by atoms with Gasteiger partial charge in [-0.25, -0.2) is 4.68 Å². The van der Waals surface area contributed by atoms with E-state index in [2.05, 4.69) is 20.6 Å². The van der Waals surface area contributed by atoms with Crippen molar-refractivity contribution in [3.63, 3.8) is 0 Å². The number of hydrogen-bond donors (Lipinski definition) is 2. The number of aromatic nitrogens is 2. The van der Waals surface area contributed by atoms with Gasteiger partial charge in [0.05, 0.1) is 11.9 Å². The van der Waals surface area contributed by atoms with Crippen LogP contribution in [0.3, 0.4) is 0 Å². The molecule has 26 heavy (non-hydrogen) atoms. The fraction of sp³-hybridized carbons (Fsp3) is 0.800. The first-order valence-corrected chi connectivity index (χ1v) is 10.4. The van der Waals surface area contributed by atoms with E-state index in [9.17, 15) is 4.79 Å². The van der Waals surface area contributed by atoms with Crippen molar-refractivity contribution in [1.82, 2.24) is 20.4 Å². The lowest BCUT2D eigenvalue weighted by Crippen LogP contribution is -2.44. The second kappa shape index (κ2) is 7.69. The van der Waals surface area contributed by atoms with Gasteiger partial charge in [0.2, 0.25) is 0 Å². The molecule has 2 saturated heterocycles. The molecule has 1 aromatic rings. The largest absolute Gasteiger partial charge is 0.370 e. The Morgan fingerprint density at radius 1 is 1.23 bits per heavy atom. The van der Waals surface area contributed by atoms with Crippen LogP contribution < -0.4 is 21.1 Å². The van der Waals surface area contributed by atoms with Gasteiger partial charge in [-0.05, 0) is 75.9 Å². The molecule has 1 unspecified atom stereocenters. The van der Waals surface area contributed by atoms with E-state index in [1.165, 1.54) is 62.7 Å². The zero-order chi connectivity index (χ0) is 18.0. The van der Waals surface area contributed by atoms with E-state index in [1.807, 2.05) is 6.20 Å². The van der Waals surface area contributed by atoms with Gasteiger partial charge >= 0.3 is 0 Å². The minimum Gasteiger partial charge on any atom is -0.370 e. The molecule has 0 radical (unpaired) electrons. The monoisotopic (exact) mass is 359 g/mol. The van der Waals surface area contributed by atoms with E-state index in [-0.39, 0.29) is 5.56 Å². The number of nitrogens with one attached hydrogen (secondary N) is 2. The van der Waals surface area contributed by atoms with Crippen LogP contribution >= 0.6 is 0 Å². The van der Waals surface area contributed by atoms with Crippen molar-refractivity contribution in [2.45, 2.75) is 51.0 Å². The van der Waals surface area contributed by atoms with E-state index >= 15 is 0 Å². The van der Waals surface area contributed by atoms with Gasteiger partial charge in [-0.2, -0.15) is 5.10 Å². The van der Waals surface area contributed by atoms with Crippen molar-refractivity contribution >= 4 is 5.69 Å². The van der Waals surface area contributed by atoms with E-state index < -0.39 is 0 Å². The Morgan fingerprint density at radius 2 is 2.00 bits per heavy atom. The first-order valence-electron chi connectivity index (χ1n) is 10.4. The van der Waals surface area contributed by atoms with E-state index in [1.54, 1.807) is 13.1 Å². The molecule has 3 heterocycles. The van der Waals surface area contributed by atoms with Crippen LogP contribution in [0.4, 0.5) is 5.69 Å². The third kappa shape index (κ3) is 3.96. The van der Waals surface area contributed by atoms with Crippen LogP contribution in [0.5, 0.6) is 0 Å². The smallest absolute Gasteiger partial charge is 0.268 e. The van der Waals surface area contributed by atoms with E-state index in [4.69, 9.17) is 0 Å². The molecule has 0 aromatic carbocycles. The fourth-order valence-electron chi connectivity index (χ4n) is 5.09. The minimum absolute atomic E-state index is 0.0295. The molecule has 1 saturated carbocycles. The van der Waals surface area contributed by atoms with Crippen molar-refractivity contribution < 1.29 is 0 Å². The SMILES string of the molecule is Cn1ncc(N2CCC(CNC3CCC4(CCNCC4)CC3)C2)cc1=O. The molecule has 1 atom stereocenters. The summed E-state index contributed by atoms with van der Waals surface area (Å²) in [6.45, 7) is 5.60. The van der Waals surface area contributed by atoms with Crippen molar-refractivity contribution in [3.8, 4) is 0 Å². The molecular weight excluding hydrogens is 326 g/mol. The van der Waals surface area contributed by atoms with Gasteiger partial charge in [0.25, 0.3) is 5.56 Å². The van der Waals surface area contributed by atoms with Gasteiger partial charge in [-0.15, -0.1) is 0 Å². The van der Waals surface area contributed by atoms with Crippen LogP contribution in [0.25, 0.3) is 0 Å². The van der Waals surface area contributed by atoms with Crippen molar-refractivity contribution in [2.75, 3.05) is 37.6 Å². The molecule has 2 N–H and O–H groups in total. The molecule has 1 aliphatic carbocycles. The summed E-state index contributed by atoms with van der Waals surface area (Å²) in [7, 11) is 1.70. The predicted molar refractivity (Wildman–Crippen MR) is 105 cm³/mol. The molecule has 1 spiro atoms. The van der Waals surface area contributed by atoms with E-state index in [0.717, 1.165) is 25.3 Å². The molecule has 0 bridgehead atoms. The molecule has 144 valence electrons. The summed E-state index contributed by atoms with van der Waals surface area (Å²) in [5, 5.41) is 11.5. The summed E-state index contributed by atoms with van der Waals surface area (Å²) in [6, 6.07) is 2.41. The Hall–Kier alpha value is -1.40. The maximum absolute atomic E-state index is 11.8. The summed E-state index contributed by atoms with van der Waals surface area (Å²) in [5.74, 6) is 0.675. The molecule has 4 rings (SSSR count). The lowest BCUT2D eigenvalue weighted by atomic mass is 9.67. The van der Waals surface area contributed by atoms with Crippen LogP contribution in [0.1, 0.15) is 44.9 Å². The Morgan fingerprint density at radius 3 is 2.73 bits per heavy atom. The summed E-state index contributed by atoms with van der Waals surface area (Å²) >= 11 is 0. The lowest BCUT2D eigenvalue weighted by molar-refractivity contribution is 0.115. The van der Waals surface area contributed by atoms with E-state index in [0.29, 0.717) is 17.4 Å². The predicted octanol–water partition coefficient (Wildman–Crippen LogP) is 1.51. The number of nitrogens with zero attached hydrogens (tertiary/aromatic N) is 3. The van der Waals surface area contributed by atoms with Gasteiger partial charge in [0.1, 0.15) is 0 Å². The average molecular weight is 360 g/mol. The van der Waals surface area contributed by atoms with Gasteiger partial charge in [0.15, 0.2) is 0 Å². The first kappa shape index (κ1) is 18.0. The second-order valence-corrected chi connectivity index (χ2v) is 8.71. The van der Waals surface area contributed by atoms with Crippen LogP contribution in [-0.2, 0) is 7.05 Å². The van der Waals surface area contributed by atoms with Gasteiger partial charge < -0.3 is 15.5 Å². The second-order valence-electron chi connectivity index (χ2n) is 8.71. The standard InChI is InChI=1S/C20H33N5O/c1-24-19(26)12-18(14-23-24)25-11-4-16(15-25)13-22-17-2-5-20(6-3-17)7-9-21-10-8-20/h12,14,16-17,21-22H,2-11,13,15H2,1H3. The summed E-state index contributed by atoms with van der Waals surface area (Å²) < 4.78 is 1.39. The Bertz CT molecular complexity index is 656. The number of piperidine rings is 1.